The molecule has 6 heterocycles. The quantitative estimate of drug-likeness (QED) is 0.328. The number of nitrogens with one attached hydrogen (secondary N) is 1. The molecule has 0 saturated carbocycles. The van der Waals surface area contributed by atoms with Gasteiger partial charge in [0.1, 0.15) is 0 Å². The Morgan fingerprint density at radius 1 is 0.621 bits per heavy atom. The predicted molar refractivity (Wildman–Crippen MR) is 95.9 cm³/mol. The lowest BCUT2D eigenvalue weighted by molar-refractivity contribution is -0.143. The minimum Gasteiger partial charge on any atom is -0.365 e. The van der Waals surface area contributed by atoms with Crippen molar-refractivity contribution < 1.29 is 28.7 Å². The van der Waals surface area contributed by atoms with Crippen LogP contribution in [0.1, 0.15) is 0 Å². The lowest BCUT2D eigenvalue weighted by atomic mass is 9.85. The van der Waals surface area contributed by atoms with E-state index in [0.717, 1.165) is 0 Å². The van der Waals surface area contributed by atoms with Crippen molar-refractivity contribution in [3.63, 3.8) is 0 Å². The molecule has 1 N–H and O–H groups in total. The molecule has 0 spiro atoms. The van der Waals surface area contributed by atoms with Gasteiger partial charge in [-0.15, -0.1) is 0 Å². The minimum atomic E-state index is -0.386. The van der Waals surface area contributed by atoms with Gasteiger partial charge in [0.25, 0.3) is 0 Å². The first-order chi connectivity index (χ1) is 14.1. The van der Waals surface area contributed by atoms with Gasteiger partial charge in [-0.25, -0.2) is 0 Å². The number of carbonyl (C=O) groups excluding carboxylic acids is 4. The van der Waals surface area contributed by atoms with E-state index in [1.165, 1.54) is 9.80 Å². The molecule has 0 aromatic rings. The largest absolute Gasteiger partial charge is 0.365 e. The highest BCUT2D eigenvalue weighted by molar-refractivity contribution is 6.07. The highest BCUT2D eigenvalue weighted by Gasteiger charge is 2.61. The van der Waals surface area contributed by atoms with E-state index in [-0.39, 0.29) is 84.8 Å². The fourth-order valence-electron chi connectivity index (χ4n) is 5.68. The van der Waals surface area contributed by atoms with Crippen molar-refractivity contribution in [3.8, 4) is 0 Å². The van der Waals surface area contributed by atoms with Crippen molar-refractivity contribution in [2.75, 3.05) is 26.2 Å². The molecule has 6 aliphatic rings. The molecule has 0 aromatic heterocycles. The lowest BCUT2D eigenvalue weighted by Gasteiger charge is -2.19. The van der Waals surface area contributed by atoms with E-state index in [1.807, 2.05) is 24.3 Å². The summed E-state index contributed by atoms with van der Waals surface area (Å²) in [7, 11) is 0. The topological polar surface area (TPSA) is 105 Å². The summed E-state index contributed by atoms with van der Waals surface area (Å²) in [6.07, 6.45) is 6.35. The maximum absolute atomic E-state index is 12.6. The first-order valence-electron chi connectivity index (χ1n) is 10.1. The predicted octanol–water partition coefficient (Wildman–Crippen LogP) is -1.55. The van der Waals surface area contributed by atoms with Crippen molar-refractivity contribution in [2.45, 2.75) is 24.4 Å². The SMILES string of the molecule is O=C1C2C3C=CC(O3)C2C(=O)N1CCNCCN1C(=O)C2C3C=CC(O3)C2C1=O. The van der Waals surface area contributed by atoms with E-state index < -0.39 is 0 Å². The van der Waals surface area contributed by atoms with Gasteiger partial charge in [0.15, 0.2) is 0 Å². The van der Waals surface area contributed by atoms with Crippen LogP contribution in [-0.4, -0.2) is 84.0 Å². The van der Waals surface area contributed by atoms with Gasteiger partial charge in [0.05, 0.1) is 48.1 Å². The van der Waals surface area contributed by atoms with Crippen LogP contribution in [0.3, 0.4) is 0 Å². The van der Waals surface area contributed by atoms with Crippen LogP contribution < -0.4 is 5.32 Å². The van der Waals surface area contributed by atoms with Gasteiger partial charge in [-0.2, -0.15) is 0 Å². The van der Waals surface area contributed by atoms with Crippen molar-refractivity contribution >= 4 is 23.6 Å². The zero-order valence-corrected chi connectivity index (χ0v) is 15.6. The molecule has 0 aliphatic carbocycles. The van der Waals surface area contributed by atoms with Crippen LogP contribution in [0, 0.1) is 23.7 Å². The smallest absolute Gasteiger partial charge is 0.236 e. The number of rotatable bonds is 6. The highest BCUT2D eigenvalue weighted by Crippen LogP contribution is 2.45. The van der Waals surface area contributed by atoms with E-state index in [4.69, 9.17) is 9.47 Å². The zero-order valence-electron chi connectivity index (χ0n) is 15.6. The third-order valence-corrected chi connectivity index (χ3v) is 7.03. The van der Waals surface area contributed by atoms with Gasteiger partial charge in [0.2, 0.25) is 23.6 Å². The Morgan fingerprint density at radius 2 is 0.931 bits per heavy atom. The molecule has 152 valence electrons. The van der Waals surface area contributed by atoms with Gasteiger partial charge < -0.3 is 14.8 Å². The number of hydrogen-bond donors (Lipinski definition) is 1. The molecule has 6 aliphatic heterocycles. The normalized spacial score (nSPS) is 43.4. The van der Waals surface area contributed by atoms with E-state index in [2.05, 4.69) is 5.32 Å². The van der Waals surface area contributed by atoms with E-state index in [1.54, 1.807) is 0 Å². The van der Waals surface area contributed by atoms with Crippen LogP contribution in [0.15, 0.2) is 24.3 Å². The monoisotopic (exact) mass is 399 g/mol. The van der Waals surface area contributed by atoms with Crippen LogP contribution >= 0.6 is 0 Å². The number of fused-ring (bicyclic) bond motifs is 10. The Bertz CT molecular complexity index is 753. The minimum absolute atomic E-state index is 0.167. The van der Waals surface area contributed by atoms with Gasteiger partial charge >= 0.3 is 0 Å². The van der Waals surface area contributed by atoms with Gasteiger partial charge in [-0.1, -0.05) is 24.3 Å². The molecular formula is C20H21N3O6. The third kappa shape index (κ3) is 2.26. The summed E-state index contributed by atoms with van der Waals surface area (Å²) in [6.45, 7) is 1.39. The number of amides is 4. The van der Waals surface area contributed by atoms with Gasteiger partial charge in [-0.3, -0.25) is 29.0 Å². The van der Waals surface area contributed by atoms with Crippen LogP contribution in [-0.2, 0) is 28.7 Å². The molecule has 0 aromatic carbocycles. The Balaban J connectivity index is 0.999. The molecule has 4 saturated heterocycles. The summed E-state index contributed by atoms with van der Waals surface area (Å²) in [5.74, 6) is -2.21. The fraction of sp³-hybridized carbons (Fsp3) is 0.600. The zero-order chi connectivity index (χ0) is 19.9. The summed E-state index contributed by atoms with van der Waals surface area (Å²) < 4.78 is 11.2. The van der Waals surface area contributed by atoms with Gasteiger partial charge in [-0.05, 0) is 0 Å². The number of imide groups is 2. The maximum Gasteiger partial charge on any atom is 0.236 e. The number of carbonyl (C=O) groups is 4. The number of ether oxygens (including phenoxy) is 2. The maximum atomic E-state index is 12.6. The molecule has 8 atom stereocenters. The van der Waals surface area contributed by atoms with E-state index in [9.17, 15) is 19.2 Å². The molecule has 0 radical (unpaired) electrons. The Labute approximate surface area is 166 Å². The Kier molecular flexibility index (Phi) is 3.66. The molecule has 6 rings (SSSR count). The molecule has 4 bridgehead atoms. The fourth-order valence-corrected chi connectivity index (χ4v) is 5.68. The second-order valence-electron chi connectivity index (χ2n) is 8.41. The summed E-state index contributed by atoms with van der Waals surface area (Å²) >= 11 is 0. The van der Waals surface area contributed by atoms with Crippen LogP contribution in [0.5, 0.6) is 0 Å². The summed E-state index contributed by atoms with van der Waals surface area (Å²) in [6, 6.07) is 0. The third-order valence-electron chi connectivity index (χ3n) is 7.03. The average molecular weight is 399 g/mol. The Hall–Kier alpha value is -2.36. The summed E-state index contributed by atoms with van der Waals surface area (Å²) in [4.78, 5) is 52.9. The summed E-state index contributed by atoms with van der Waals surface area (Å²) in [5, 5.41) is 3.14. The number of nitrogens with zero attached hydrogens (tertiary/aromatic N) is 2. The number of likely N-dealkylation sites (tertiary alicyclic amines) is 2. The standard InChI is InChI=1S/C20H21N3O6/c24-17-13-9-1-2-10(28-9)14(13)18(25)22(17)7-5-21-6-8-23-19(26)15-11-3-4-12(29-11)16(15)20(23)27/h1-4,9-16,21H,5-8H2. The first-order valence-corrected chi connectivity index (χ1v) is 10.1. The van der Waals surface area contributed by atoms with Crippen LogP contribution in [0.25, 0.3) is 0 Å². The van der Waals surface area contributed by atoms with Crippen LogP contribution in [0.4, 0.5) is 0 Å². The second-order valence-corrected chi connectivity index (χ2v) is 8.41. The lowest BCUT2D eigenvalue weighted by Crippen LogP contribution is -2.42. The molecule has 8 unspecified atom stereocenters. The van der Waals surface area contributed by atoms with E-state index in [0.29, 0.717) is 13.1 Å². The molecule has 4 fully saturated rings. The first kappa shape index (κ1) is 17.5. The van der Waals surface area contributed by atoms with E-state index >= 15 is 0 Å². The average Bonchev–Trinajstić information content (AvgIpc) is 3.53. The Morgan fingerprint density at radius 3 is 1.24 bits per heavy atom. The van der Waals surface area contributed by atoms with Crippen molar-refractivity contribution in [2.24, 2.45) is 23.7 Å². The molecular weight excluding hydrogens is 378 g/mol. The van der Waals surface area contributed by atoms with Gasteiger partial charge in [0, 0.05) is 26.2 Å². The molecule has 9 heteroatoms. The second kappa shape index (κ2) is 6.07. The van der Waals surface area contributed by atoms with Crippen LogP contribution in [0.2, 0.25) is 0 Å². The summed E-state index contributed by atoms with van der Waals surface area (Å²) in [5.41, 5.74) is 0. The molecule has 9 nitrogen and oxygen atoms in total. The number of hydrogen-bond acceptors (Lipinski definition) is 7. The van der Waals surface area contributed by atoms with Crippen molar-refractivity contribution in [1.82, 2.24) is 15.1 Å². The van der Waals surface area contributed by atoms with Crippen molar-refractivity contribution in [3.05, 3.63) is 24.3 Å². The molecule has 29 heavy (non-hydrogen) atoms. The molecule has 4 amide bonds. The van der Waals surface area contributed by atoms with Crippen molar-refractivity contribution in [1.29, 1.82) is 0 Å². The highest BCUT2D eigenvalue weighted by atomic mass is 16.5.